The van der Waals surface area contributed by atoms with Gasteiger partial charge < -0.3 is 0 Å². The van der Waals surface area contributed by atoms with Gasteiger partial charge >= 0.3 is 0 Å². The molecule has 3 heteroatoms. The molecule has 0 unspecified atom stereocenters. The molecular formula is C14H12BrNO. The van der Waals surface area contributed by atoms with E-state index < -0.39 is 0 Å². The van der Waals surface area contributed by atoms with E-state index in [0.29, 0.717) is 0 Å². The molecule has 1 heterocycles. The number of aryl methyl sites for hydroxylation is 1. The van der Waals surface area contributed by atoms with Crippen LogP contribution in [0.25, 0.3) is 0 Å². The van der Waals surface area contributed by atoms with Gasteiger partial charge in [0.2, 0.25) is 0 Å². The van der Waals surface area contributed by atoms with E-state index in [1.54, 1.807) is 12.4 Å². The highest BCUT2D eigenvalue weighted by atomic mass is 79.9. The Labute approximate surface area is 109 Å². The van der Waals surface area contributed by atoms with Crippen molar-refractivity contribution in [2.24, 2.45) is 0 Å². The molecule has 2 aromatic rings. The molecule has 1 aromatic carbocycles. The maximum absolute atomic E-state index is 12.2. The zero-order valence-corrected chi connectivity index (χ0v) is 11.0. The van der Waals surface area contributed by atoms with Crippen LogP contribution in [0.3, 0.4) is 0 Å². The van der Waals surface area contributed by atoms with Crippen LogP contribution in [-0.2, 0) is 0 Å². The summed E-state index contributed by atoms with van der Waals surface area (Å²) in [5.41, 5.74) is 2.68. The fourth-order valence-corrected chi connectivity index (χ4v) is 2.16. The Morgan fingerprint density at radius 2 is 2.12 bits per heavy atom. The molecule has 0 saturated carbocycles. The standard InChI is InChI=1S/C14H12BrNO/c1-10-4-2-5-11(8-10)14(17)13(15)12-6-3-7-16-9-12/h2-9,13H,1H3/t13-/m1/s1. The van der Waals surface area contributed by atoms with Gasteiger partial charge in [0.25, 0.3) is 0 Å². The number of halogens is 1. The first-order valence-electron chi connectivity index (χ1n) is 5.33. The van der Waals surface area contributed by atoms with Gasteiger partial charge in [0.15, 0.2) is 5.78 Å². The first-order valence-corrected chi connectivity index (χ1v) is 6.25. The van der Waals surface area contributed by atoms with Crippen LogP contribution in [0.15, 0.2) is 48.8 Å². The first-order chi connectivity index (χ1) is 8.18. The number of aromatic nitrogens is 1. The van der Waals surface area contributed by atoms with Crippen molar-refractivity contribution in [1.82, 2.24) is 4.98 Å². The number of hydrogen-bond acceptors (Lipinski definition) is 2. The van der Waals surface area contributed by atoms with Gasteiger partial charge in [0, 0.05) is 18.0 Å². The number of benzene rings is 1. The summed E-state index contributed by atoms with van der Waals surface area (Å²) in [6.45, 7) is 1.98. The minimum Gasteiger partial charge on any atom is -0.293 e. The van der Waals surface area contributed by atoms with Crippen LogP contribution in [0, 0.1) is 6.92 Å². The third-order valence-corrected chi connectivity index (χ3v) is 3.45. The number of hydrogen-bond donors (Lipinski definition) is 0. The summed E-state index contributed by atoms with van der Waals surface area (Å²) < 4.78 is 0. The van der Waals surface area contributed by atoms with Gasteiger partial charge in [-0.3, -0.25) is 9.78 Å². The van der Waals surface area contributed by atoms with E-state index in [-0.39, 0.29) is 10.6 Å². The van der Waals surface area contributed by atoms with Crippen LogP contribution < -0.4 is 0 Å². The minimum absolute atomic E-state index is 0.0571. The molecule has 0 N–H and O–H groups in total. The highest BCUT2D eigenvalue weighted by molar-refractivity contribution is 9.09. The molecule has 0 aliphatic rings. The lowest BCUT2D eigenvalue weighted by molar-refractivity contribution is 0.0991. The quantitative estimate of drug-likeness (QED) is 0.637. The SMILES string of the molecule is Cc1cccc(C(=O)[C@H](Br)c2cccnc2)c1. The predicted octanol–water partition coefficient (Wildman–Crippen LogP) is 3.71. The number of nitrogens with zero attached hydrogens (tertiary/aromatic N) is 1. The van der Waals surface area contributed by atoms with Crippen LogP contribution in [0.2, 0.25) is 0 Å². The summed E-state index contributed by atoms with van der Waals surface area (Å²) in [6, 6.07) is 11.3. The Morgan fingerprint density at radius 3 is 2.76 bits per heavy atom. The van der Waals surface area contributed by atoms with E-state index in [2.05, 4.69) is 20.9 Å². The second kappa shape index (κ2) is 5.23. The van der Waals surface area contributed by atoms with Gasteiger partial charge in [-0.25, -0.2) is 0 Å². The van der Waals surface area contributed by atoms with Crippen molar-refractivity contribution in [2.75, 3.05) is 0 Å². The van der Waals surface area contributed by atoms with Gasteiger partial charge in [-0.1, -0.05) is 45.8 Å². The molecule has 0 amide bonds. The fraction of sp³-hybridized carbons (Fsp3) is 0.143. The molecule has 1 atom stereocenters. The van der Waals surface area contributed by atoms with Crippen molar-refractivity contribution in [3.8, 4) is 0 Å². The molecular weight excluding hydrogens is 278 g/mol. The van der Waals surface area contributed by atoms with Crippen molar-refractivity contribution in [2.45, 2.75) is 11.8 Å². The lowest BCUT2D eigenvalue weighted by Gasteiger charge is -2.09. The van der Waals surface area contributed by atoms with E-state index in [1.807, 2.05) is 43.3 Å². The van der Waals surface area contributed by atoms with Crippen molar-refractivity contribution < 1.29 is 4.79 Å². The Hall–Kier alpha value is -1.48. The Kier molecular flexibility index (Phi) is 3.69. The van der Waals surface area contributed by atoms with Crippen LogP contribution in [0.4, 0.5) is 0 Å². The number of ketones is 1. The van der Waals surface area contributed by atoms with Crippen molar-refractivity contribution in [1.29, 1.82) is 0 Å². The number of rotatable bonds is 3. The fourth-order valence-electron chi connectivity index (χ4n) is 1.62. The topological polar surface area (TPSA) is 30.0 Å². The smallest absolute Gasteiger partial charge is 0.180 e. The molecule has 0 saturated heterocycles. The molecule has 17 heavy (non-hydrogen) atoms. The van der Waals surface area contributed by atoms with Crippen LogP contribution in [-0.4, -0.2) is 10.8 Å². The summed E-state index contributed by atoms with van der Waals surface area (Å²) in [7, 11) is 0. The summed E-state index contributed by atoms with van der Waals surface area (Å²) in [5.74, 6) is 0.0571. The van der Waals surface area contributed by atoms with Crippen LogP contribution in [0.1, 0.15) is 26.3 Å². The summed E-state index contributed by atoms with van der Waals surface area (Å²) in [6.07, 6.45) is 3.40. The van der Waals surface area contributed by atoms with E-state index in [1.165, 1.54) is 0 Å². The average molecular weight is 290 g/mol. The van der Waals surface area contributed by atoms with Crippen molar-refractivity contribution in [3.63, 3.8) is 0 Å². The second-order valence-electron chi connectivity index (χ2n) is 3.88. The largest absolute Gasteiger partial charge is 0.293 e. The lowest BCUT2D eigenvalue weighted by atomic mass is 10.0. The van der Waals surface area contributed by atoms with Crippen LogP contribution >= 0.6 is 15.9 Å². The monoisotopic (exact) mass is 289 g/mol. The number of alkyl halides is 1. The van der Waals surface area contributed by atoms with E-state index in [4.69, 9.17) is 0 Å². The van der Waals surface area contributed by atoms with E-state index in [0.717, 1.165) is 16.7 Å². The zero-order chi connectivity index (χ0) is 12.3. The minimum atomic E-state index is -0.335. The molecule has 0 bridgehead atoms. The highest BCUT2D eigenvalue weighted by Crippen LogP contribution is 2.26. The third kappa shape index (κ3) is 2.80. The number of carbonyl (C=O) groups excluding carboxylic acids is 1. The number of pyridine rings is 1. The highest BCUT2D eigenvalue weighted by Gasteiger charge is 2.18. The second-order valence-corrected chi connectivity index (χ2v) is 4.80. The predicted molar refractivity (Wildman–Crippen MR) is 71.4 cm³/mol. The zero-order valence-electron chi connectivity index (χ0n) is 9.43. The summed E-state index contributed by atoms with van der Waals surface area (Å²) >= 11 is 3.42. The molecule has 2 rings (SSSR count). The third-order valence-electron chi connectivity index (χ3n) is 2.51. The molecule has 0 spiro atoms. The molecule has 0 aliphatic carbocycles. The Balaban J connectivity index is 2.27. The first kappa shape index (κ1) is 12.0. The van der Waals surface area contributed by atoms with Gasteiger partial charge in [-0.15, -0.1) is 0 Å². The van der Waals surface area contributed by atoms with Crippen molar-refractivity contribution in [3.05, 3.63) is 65.5 Å². The molecule has 1 aromatic heterocycles. The van der Waals surface area contributed by atoms with E-state index >= 15 is 0 Å². The average Bonchev–Trinajstić information content (AvgIpc) is 2.38. The van der Waals surface area contributed by atoms with Gasteiger partial charge in [-0.05, 0) is 24.6 Å². The summed E-state index contributed by atoms with van der Waals surface area (Å²) in [4.78, 5) is 15.9. The maximum Gasteiger partial charge on any atom is 0.180 e. The van der Waals surface area contributed by atoms with Gasteiger partial charge in [0.05, 0.1) is 0 Å². The Morgan fingerprint density at radius 1 is 1.29 bits per heavy atom. The van der Waals surface area contributed by atoms with Gasteiger partial charge in [0.1, 0.15) is 4.83 Å². The van der Waals surface area contributed by atoms with Crippen LogP contribution in [0.5, 0.6) is 0 Å². The molecule has 0 aliphatic heterocycles. The normalized spacial score (nSPS) is 12.1. The molecule has 0 radical (unpaired) electrons. The molecule has 86 valence electrons. The number of carbonyl (C=O) groups is 1. The molecule has 2 nitrogen and oxygen atoms in total. The lowest BCUT2D eigenvalue weighted by Crippen LogP contribution is -2.07. The molecule has 0 fully saturated rings. The summed E-state index contributed by atoms with van der Waals surface area (Å²) in [5, 5.41) is 0. The maximum atomic E-state index is 12.2. The van der Waals surface area contributed by atoms with E-state index in [9.17, 15) is 4.79 Å². The Bertz CT molecular complexity index is 525. The number of Topliss-reactive ketones (excluding diaryl/α,β-unsaturated/α-hetero) is 1. The van der Waals surface area contributed by atoms with Gasteiger partial charge in [-0.2, -0.15) is 0 Å². The van der Waals surface area contributed by atoms with Crippen molar-refractivity contribution >= 4 is 21.7 Å².